The van der Waals surface area contributed by atoms with Gasteiger partial charge in [-0.25, -0.2) is 15.0 Å². The second-order valence-corrected chi connectivity index (χ2v) is 10.4. The quantitative estimate of drug-likeness (QED) is 0.458. The maximum absolute atomic E-state index is 4.56. The fraction of sp³-hybridized carbons (Fsp3) is 0.519. The van der Waals surface area contributed by atoms with E-state index in [0.717, 1.165) is 28.5 Å². The molecule has 0 saturated carbocycles. The summed E-state index contributed by atoms with van der Waals surface area (Å²) >= 11 is 0. The van der Waals surface area contributed by atoms with E-state index in [2.05, 4.69) is 73.7 Å². The molecule has 178 valence electrons. The van der Waals surface area contributed by atoms with Crippen molar-refractivity contribution < 1.29 is 0 Å². The summed E-state index contributed by atoms with van der Waals surface area (Å²) in [5.74, 6) is 0.646. The molecule has 5 heterocycles. The average molecular weight is 458 g/mol. The van der Waals surface area contributed by atoms with Gasteiger partial charge in [0.2, 0.25) is 0 Å². The Morgan fingerprint density at radius 1 is 0.971 bits per heavy atom. The van der Waals surface area contributed by atoms with Crippen molar-refractivity contribution in [2.45, 2.75) is 64.5 Å². The van der Waals surface area contributed by atoms with Gasteiger partial charge in [-0.15, -0.1) is 0 Å². The number of hydrogen-bond acceptors (Lipinski definition) is 5. The minimum atomic E-state index is 0.646. The summed E-state index contributed by atoms with van der Waals surface area (Å²) in [7, 11) is 0. The summed E-state index contributed by atoms with van der Waals surface area (Å²) < 4.78 is 0. The lowest BCUT2D eigenvalue weighted by Gasteiger charge is -2.42. The van der Waals surface area contributed by atoms with E-state index in [-0.39, 0.29) is 0 Å². The predicted molar refractivity (Wildman–Crippen MR) is 137 cm³/mol. The van der Waals surface area contributed by atoms with Crippen molar-refractivity contribution in [2.24, 2.45) is 0 Å². The average Bonchev–Trinajstić information content (AvgIpc) is 3.48. The Kier molecular flexibility index (Phi) is 5.62. The van der Waals surface area contributed by atoms with Crippen molar-refractivity contribution in [1.82, 2.24) is 34.7 Å². The van der Waals surface area contributed by atoms with Gasteiger partial charge >= 0.3 is 0 Å². The smallest absolute Gasteiger partial charge is 0.181 e. The van der Waals surface area contributed by atoms with Crippen LogP contribution in [0.4, 0.5) is 0 Å². The molecule has 0 unspecified atom stereocenters. The Morgan fingerprint density at radius 3 is 2.53 bits per heavy atom. The van der Waals surface area contributed by atoms with Crippen LogP contribution in [-0.4, -0.2) is 73.0 Å². The van der Waals surface area contributed by atoms with Crippen molar-refractivity contribution in [1.29, 1.82) is 0 Å². The van der Waals surface area contributed by atoms with E-state index in [0.29, 0.717) is 17.6 Å². The normalized spacial score (nSPS) is 19.6. The van der Waals surface area contributed by atoms with Crippen LogP contribution in [0.3, 0.4) is 0 Å². The maximum Gasteiger partial charge on any atom is 0.181 e. The molecular weight excluding hydrogens is 422 g/mol. The molecular formula is C27H35N7. The molecule has 1 aromatic carbocycles. The zero-order valence-electron chi connectivity index (χ0n) is 20.5. The lowest BCUT2D eigenvalue weighted by molar-refractivity contribution is 0.0753. The van der Waals surface area contributed by atoms with Crippen LogP contribution in [0.25, 0.3) is 33.5 Å². The molecule has 0 bridgehead atoms. The van der Waals surface area contributed by atoms with E-state index < -0.39 is 0 Å². The Hall–Kier alpha value is -2.77. The first-order valence-corrected chi connectivity index (χ1v) is 12.8. The summed E-state index contributed by atoms with van der Waals surface area (Å²) in [6.45, 7) is 11.8. The summed E-state index contributed by atoms with van der Waals surface area (Å²) in [5, 5.41) is 1.29. The summed E-state index contributed by atoms with van der Waals surface area (Å²) in [4.78, 5) is 25.3. The van der Waals surface area contributed by atoms with Crippen molar-refractivity contribution in [3.63, 3.8) is 0 Å². The molecule has 2 N–H and O–H groups in total. The fourth-order valence-electron chi connectivity index (χ4n) is 6.15. The third-order valence-corrected chi connectivity index (χ3v) is 8.29. The number of fused-ring (bicyclic) bond motifs is 2. The molecule has 0 spiro atoms. The van der Waals surface area contributed by atoms with Gasteiger partial charge in [-0.3, -0.25) is 0 Å². The molecule has 0 radical (unpaired) electrons. The maximum atomic E-state index is 4.56. The van der Waals surface area contributed by atoms with Crippen LogP contribution in [-0.2, 0) is 0 Å². The number of aryl methyl sites for hydroxylation is 1. The van der Waals surface area contributed by atoms with E-state index in [1.807, 2.05) is 0 Å². The predicted octanol–water partition coefficient (Wildman–Crippen LogP) is 4.86. The molecule has 7 heteroatoms. The van der Waals surface area contributed by atoms with Gasteiger partial charge in [0.05, 0.1) is 12.0 Å². The number of aromatic nitrogens is 5. The number of imidazole rings is 1. The van der Waals surface area contributed by atoms with Gasteiger partial charge in [0.15, 0.2) is 5.65 Å². The highest BCUT2D eigenvalue weighted by molar-refractivity contribution is 5.95. The molecule has 2 saturated heterocycles. The van der Waals surface area contributed by atoms with Crippen LogP contribution in [0.1, 0.15) is 56.6 Å². The second-order valence-electron chi connectivity index (χ2n) is 10.4. The number of benzene rings is 1. The Morgan fingerprint density at radius 2 is 1.76 bits per heavy atom. The lowest BCUT2D eigenvalue weighted by atomic mass is 9.87. The number of likely N-dealkylation sites (tertiary alicyclic amines) is 2. The number of nitrogens with zero attached hydrogens (tertiary/aromatic N) is 5. The standard InChI is InChI=1S/C27H35N7/c1-17(2)33-12-8-21(9-13-33)34-10-6-19(7-11-34)20-4-5-23-22(14-20)18(3)24(32-23)25-26-27(30-15-28-25)31-16-29-26/h4-5,14-17,19,21,32H,6-13H2,1-3H3,(H,28,29,30,31). The molecule has 4 aromatic rings. The Labute approximate surface area is 201 Å². The molecule has 2 aliphatic heterocycles. The zero-order chi connectivity index (χ0) is 23.2. The van der Waals surface area contributed by atoms with Gasteiger partial charge in [0, 0.05) is 23.0 Å². The third kappa shape index (κ3) is 3.81. The van der Waals surface area contributed by atoms with Gasteiger partial charge in [-0.05, 0) is 102 Å². The van der Waals surface area contributed by atoms with E-state index in [9.17, 15) is 0 Å². The molecule has 34 heavy (non-hydrogen) atoms. The van der Waals surface area contributed by atoms with Gasteiger partial charge in [0.1, 0.15) is 17.5 Å². The summed E-state index contributed by atoms with van der Waals surface area (Å²) in [6.07, 6.45) is 8.44. The lowest BCUT2D eigenvalue weighted by Crippen LogP contribution is -2.48. The number of hydrogen-bond donors (Lipinski definition) is 2. The van der Waals surface area contributed by atoms with E-state index in [1.165, 1.54) is 68.4 Å². The molecule has 2 fully saturated rings. The van der Waals surface area contributed by atoms with Crippen molar-refractivity contribution >= 4 is 22.1 Å². The highest BCUT2D eigenvalue weighted by atomic mass is 15.2. The fourth-order valence-corrected chi connectivity index (χ4v) is 6.15. The first kappa shape index (κ1) is 21.7. The van der Waals surface area contributed by atoms with Crippen LogP contribution < -0.4 is 0 Å². The molecule has 0 aliphatic carbocycles. The first-order valence-electron chi connectivity index (χ1n) is 12.8. The van der Waals surface area contributed by atoms with Crippen LogP contribution in [0, 0.1) is 6.92 Å². The number of nitrogens with one attached hydrogen (secondary N) is 2. The Bertz CT molecular complexity index is 1290. The zero-order valence-corrected chi connectivity index (χ0v) is 20.5. The van der Waals surface area contributed by atoms with Gasteiger partial charge < -0.3 is 19.8 Å². The van der Waals surface area contributed by atoms with E-state index in [4.69, 9.17) is 0 Å². The van der Waals surface area contributed by atoms with Crippen molar-refractivity contribution in [3.05, 3.63) is 42.0 Å². The first-order chi connectivity index (χ1) is 16.6. The number of aromatic amines is 2. The van der Waals surface area contributed by atoms with Gasteiger partial charge in [-0.1, -0.05) is 6.07 Å². The molecule has 3 aromatic heterocycles. The van der Waals surface area contributed by atoms with Gasteiger partial charge in [0.25, 0.3) is 0 Å². The minimum absolute atomic E-state index is 0.646. The number of piperidine rings is 2. The highest BCUT2D eigenvalue weighted by Crippen LogP contribution is 2.36. The van der Waals surface area contributed by atoms with Crippen molar-refractivity contribution in [3.8, 4) is 11.4 Å². The monoisotopic (exact) mass is 457 g/mol. The summed E-state index contributed by atoms with van der Waals surface area (Å²) in [6, 6.07) is 8.45. The summed E-state index contributed by atoms with van der Waals surface area (Å²) in [5.41, 5.74) is 7.39. The van der Waals surface area contributed by atoms with Gasteiger partial charge in [-0.2, -0.15) is 0 Å². The second kappa shape index (κ2) is 8.78. The van der Waals surface area contributed by atoms with Crippen LogP contribution in [0.5, 0.6) is 0 Å². The van der Waals surface area contributed by atoms with E-state index >= 15 is 0 Å². The van der Waals surface area contributed by atoms with Crippen LogP contribution in [0.15, 0.2) is 30.9 Å². The van der Waals surface area contributed by atoms with E-state index in [1.54, 1.807) is 12.7 Å². The van der Waals surface area contributed by atoms with Crippen LogP contribution >= 0.6 is 0 Å². The largest absolute Gasteiger partial charge is 0.353 e. The molecule has 0 amide bonds. The SMILES string of the molecule is Cc1c(-c2ncnc3nc[nH]c23)[nH]c2ccc(C3CCN(C4CCN(C(C)C)CC4)CC3)cc12. The molecule has 6 rings (SSSR count). The number of rotatable bonds is 4. The van der Waals surface area contributed by atoms with Crippen molar-refractivity contribution in [2.75, 3.05) is 26.2 Å². The number of H-pyrrole nitrogens is 2. The molecule has 7 nitrogen and oxygen atoms in total. The molecule has 0 atom stereocenters. The molecule has 2 aliphatic rings. The Balaban J connectivity index is 1.19. The topological polar surface area (TPSA) is 76.7 Å². The minimum Gasteiger partial charge on any atom is -0.353 e. The van der Waals surface area contributed by atoms with Crippen LogP contribution in [0.2, 0.25) is 0 Å². The third-order valence-electron chi connectivity index (χ3n) is 8.29. The highest BCUT2D eigenvalue weighted by Gasteiger charge is 2.29.